The van der Waals surface area contributed by atoms with E-state index in [1.165, 1.54) is 0 Å². The highest BCUT2D eigenvalue weighted by Gasteiger charge is 2.24. The summed E-state index contributed by atoms with van der Waals surface area (Å²) in [5.41, 5.74) is 4.32. The molecule has 0 saturated carbocycles. The summed E-state index contributed by atoms with van der Waals surface area (Å²) in [6.45, 7) is 1.94. The molecule has 3 aromatic carbocycles. The Hall–Kier alpha value is -3.64. The van der Waals surface area contributed by atoms with Crippen molar-refractivity contribution in [2.24, 2.45) is 0 Å². The summed E-state index contributed by atoms with van der Waals surface area (Å²) >= 11 is 1.07. The van der Waals surface area contributed by atoms with E-state index in [2.05, 4.69) is 8.75 Å². The van der Waals surface area contributed by atoms with Crippen molar-refractivity contribution >= 4 is 40.1 Å². The fourth-order valence-electron chi connectivity index (χ4n) is 3.33. The van der Waals surface area contributed by atoms with Gasteiger partial charge in [0.1, 0.15) is 11.0 Å². The van der Waals surface area contributed by atoms with Crippen LogP contribution in [0.1, 0.15) is 27.0 Å². The molecule has 0 aliphatic heterocycles. The van der Waals surface area contributed by atoms with Gasteiger partial charge < -0.3 is 5.11 Å². The maximum absolute atomic E-state index is 13.4. The van der Waals surface area contributed by atoms with Gasteiger partial charge in [-0.1, -0.05) is 66.2 Å². The Labute approximate surface area is 177 Å². The van der Waals surface area contributed by atoms with E-state index in [1.807, 2.05) is 49.4 Å². The number of hydrogen-bond donors (Lipinski definition) is 1. The predicted molar refractivity (Wildman–Crippen MR) is 118 cm³/mol. The first-order valence-corrected chi connectivity index (χ1v) is 10.1. The highest BCUT2D eigenvalue weighted by Crippen LogP contribution is 2.28. The van der Waals surface area contributed by atoms with Crippen molar-refractivity contribution in [2.75, 3.05) is 0 Å². The van der Waals surface area contributed by atoms with Gasteiger partial charge in [-0.05, 0) is 30.2 Å². The van der Waals surface area contributed by atoms with Gasteiger partial charge in [-0.3, -0.25) is 4.79 Å². The van der Waals surface area contributed by atoms with Crippen molar-refractivity contribution in [1.82, 2.24) is 8.75 Å². The number of aliphatic carboxylic acids is 1. The predicted octanol–water partition coefficient (Wildman–Crippen LogP) is 4.96. The molecule has 1 heterocycles. The second-order valence-electron chi connectivity index (χ2n) is 6.98. The van der Waals surface area contributed by atoms with E-state index in [0.717, 1.165) is 22.9 Å². The summed E-state index contributed by atoms with van der Waals surface area (Å²) in [6.07, 6.45) is 0.211. The minimum absolute atomic E-state index is 0.0145. The Morgan fingerprint density at radius 2 is 1.53 bits per heavy atom. The second-order valence-corrected chi connectivity index (χ2v) is 7.51. The number of aromatic nitrogens is 2. The molecule has 0 aliphatic carbocycles. The van der Waals surface area contributed by atoms with Gasteiger partial charge in [-0.2, -0.15) is 8.75 Å². The Morgan fingerprint density at radius 1 is 0.867 bits per heavy atom. The molecule has 0 atom stereocenters. The number of Topliss-reactive ketones (excluding diaryl/α,β-unsaturated/α-hetero) is 1. The van der Waals surface area contributed by atoms with Crippen LogP contribution in [0.4, 0.5) is 0 Å². The first kappa shape index (κ1) is 19.7. The van der Waals surface area contributed by atoms with E-state index in [-0.39, 0.29) is 23.4 Å². The van der Waals surface area contributed by atoms with Crippen LogP contribution in [0.25, 0.3) is 16.6 Å². The fraction of sp³-hybridized carbons (Fsp3) is 0.0833. The third kappa shape index (κ3) is 4.04. The topological polar surface area (TPSA) is 80.2 Å². The fourth-order valence-corrected chi connectivity index (χ4v) is 3.84. The number of rotatable bonds is 6. The zero-order valence-corrected chi connectivity index (χ0v) is 17.0. The standard InChI is InChI=1S/C24H18N2O3S/c1-15-7-9-17(10-8-15)23(27)19(13-16-5-3-2-4-6-16)22(24(28)29)18-11-12-20-21(14-18)26-30-25-20/h2-12,14H,13H2,1H3,(H,28,29)/b22-19+. The van der Waals surface area contributed by atoms with Crippen LogP contribution < -0.4 is 0 Å². The molecule has 1 aromatic heterocycles. The minimum atomic E-state index is -1.15. The first-order chi connectivity index (χ1) is 14.5. The molecule has 0 saturated heterocycles. The zero-order chi connectivity index (χ0) is 21.1. The molecule has 0 aliphatic rings. The van der Waals surface area contributed by atoms with E-state index >= 15 is 0 Å². The largest absolute Gasteiger partial charge is 0.478 e. The number of fused-ring (bicyclic) bond motifs is 1. The van der Waals surface area contributed by atoms with Crippen molar-refractivity contribution in [3.05, 3.63) is 101 Å². The van der Waals surface area contributed by atoms with Gasteiger partial charge in [0.2, 0.25) is 0 Å². The molecule has 0 fully saturated rings. The lowest BCUT2D eigenvalue weighted by atomic mass is 9.89. The van der Waals surface area contributed by atoms with E-state index in [9.17, 15) is 14.7 Å². The van der Waals surface area contributed by atoms with Crippen molar-refractivity contribution < 1.29 is 14.7 Å². The molecule has 0 radical (unpaired) electrons. The van der Waals surface area contributed by atoms with Crippen LogP contribution in [-0.2, 0) is 11.2 Å². The third-order valence-electron chi connectivity index (χ3n) is 4.87. The van der Waals surface area contributed by atoms with E-state index < -0.39 is 5.97 Å². The number of nitrogens with zero attached hydrogens (tertiary/aromatic N) is 2. The number of carboxylic acid groups (broad SMARTS) is 1. The number of carbonyl (C=O) groups is 2. The SMILES string of the molecule is Cc1ccc(C(=O)/C(Cc2ccccc2)=C(/C(=O)O)c2ccc3nsnc3c2)cc1. The van der Waals surface area contributed by atoms with Gasteiger partial charge in [-0.25, -0.2) is 4.79 Å². The lowest BCUT2D eigenvalue weighted by Gasteiger charge is -2.13. The van der Waals surface area contributed by atoms with Crippen LogP contribution in [0.15, 0.2) is 78.4 Å². The molecule has 148 valence electrons. The van der Waals surface area contributed by atoms with Crippen LogP contribution in [0.5, 0.6) is 0 Å². The number of benzene rings is 3. The average molecular weight is 414 g/mol. The number of aryl methyl sites for hydroxylation is 1. The Balaban J connectivity index is 1.91. The molecule has 0 bridgehead atoms. The highest BCUT2D eigenvalue weighted by atomic mass is 32.1. The van der Waals surface area contributed by atoms with Crippen LogP contribution in [0.3, 0.4) is 0 Å². The maximum atomic E-state index is 13.4. The summed E-state index contributed by atoms with van der Waals surface area (Å²) in [7, 11) is 0. The molecule has 0 amide bonds. The quantitative estimate of drug-likeness (QED) is 0.356. The van der Waals surface area contributed by atoms with Crippen LogP contribution >= 0.6 is 11.7 Å². The molecule has 6 heteroatoms. The monoisotopic (exact) mass is 414 g/mol. The lowest BCUT2D eigenvalue weighted by molar-refractivity contribution is -0.130. The van der Waals surface area contributed by atoms with E-state index in [4.69, 9.17) is 0 Å². The second kappa shape index (κ2) is 8.39. The normalized spacial score (nSPS) is 11.9. The molecule has 4 rings (SSSR count). The summed E-state index contributed by atoms with van der Waals surface area (Å²) in [5.74, 6) is -1.45. The Morgan fingerprint density at radius 3 is 2.23 bits per heavy atom. The smallest absolute Gasteiger partial charge is 0.336 e. The Bertz CT molecular complexity index is 1260. The lowest BCUT2D eigenvalue weighted by Crippen LogP contribution is -2.14. The third-order valence-corrected chi connectivity index (χ3v) is 5.43. The number of carbonyl (C=O) groups excluding carboxylic acids is 1. The van der Waals surface area contributed by atoms with Gasteiger partial charge in [0.05, 0.1) is 17.3 Å². The maximum Gasteiger partial charge on any atom is 0.336 e. The van der Waals surface area contributed by atoms with Crippen LogP contribution in [-0.4, -0.2) is 25.6 Å². The van der Waals surface area contributed by atoms with Crippen molar-refractivity contribution in [2.45, 2.75) is 13.3 Å². The summed E-state index contributed by atoms with van der Waals surface area (Å²) in [5, 5.41) is 10.1. The van der Waals surface area contributed by atoms with Crippen LogP contribution in [0.2, 0.25) is 0 Å². The molecule has 0 spiro atoms. The van der Waals surface area contributed by atoms with Crippen molar-refractivity contribution in [1.29, 1.82) is 0 Å². The molecule has 0 unspecified atom stereocenters. The van der Waals surface area contributed by atoms with Gasteiger partial charge >= 0.3 is 5.97 Å². The zero-order valence-electron chi connectivity index (χ0n) is 16.2. The van der Waals surface area contributed by atoms with E-state index in [0.29, 0.717) is 22.2 Å². The average Bonchev–Trinajstić information content (AvgIpc) is 3.22. The Kier molecular flexibility index (Phi) is 5.50. The first-order valence-electron chi connectivity index (χ1n) is 9.37. The number of hydrogen-bond acceptors (Lipinski definition) is 5. The molecular weight excluding hydrogens is 396 g/mol. The van der Waals surface area contributed by atoms with Crippen molar-refractivity contribution in [3.8, 4) is 0 Å². The number of allylic oxidation sites excluding steroid dienone is 1. The molecule has 30 heavy (non-hydrogen) atoms. The highest BCUT2D eigenvalue weighted by molar-refractivity contribution is 7.00. The summed E-state index contributed by atoms with van der Waals surface area (Å²) < 4.78 is 8.37. The molecule has 1 N–H and O–H groups in total. The van der Waals surface area contributed by atoms with Crippen molar-refractivity contribution in [3.63, 3.8) is 0 Å². The van der Waals surface area contributed by atoms with Gasteiger partial charge in [-0.15, -0.1) is 0 Å². The van der Waals surface area contributed by atoms with Gasteiger partial charge in [0.25, 0.3) is 0 Å². The number of ketones is 1. The van der Waals surface area contributed by atoms with Gasteiger partial charge in [0.15, 0.2) is 5.78 Å². The summed E-state index contributed by atoms with van der Waals surface area (Å²) in [6, 6.07) is 21.6. The van der Waals surface area contributed by atoms with Gasteiger partial charge in [0, 0.05) is 17.6 Å². The van der Waals surface area contributed by atoms with Crippen LogP contribution in [0, 0.1) is 6.92 Å². The number of carboxylic acids is 1. The molecular formula is C24H18N2O3S. The molecule has 4 aromatic rings. The minimum Gasteiger partial charge on any atom is -0.478 e. The van der Waals surface area contributed by atoms with E-state index in [1.54, 1.807) is 30.3 Å². The molecule has 5 nitrogen and oxygen atoms in total. The summed E-state index contributed by atoms with van der Waals surface area (Å²) in [4.78, 5) is 25.8.